The molecule has 0 radical (unpaired) electrons. The zero-order valence-corrected chi connectivity index (χ0v) is 26.4. The molecule has 0 unspecified atom stereocenters. The van der Waals surface area contributed by atoms with Crippen LogP contribution in [0.3, 0.4) is 0 Å². The molecule has 4 aromatic rings. The lowest BCUT2D eigenvalue weighted by molar-refractivity contribution is -0.121. The predicted molar refractivity (Wildman–Crippen MR) is 168 cm³/mol. The number of fused-ring (bicyclic) bond motifs is 1. The van der Waals surface area contributed by atoms with Gasteiger partial charge < -0.3 is 28.9 Å². The molecule has 7 nitrogen and oxygen atoms in total. The fourth-order valence-corrected chi connectivity index (χ4v) is 6.39. The van der Waals surface area contributed by atoms with Gasteiger partial charge in [0.25, 0.3) is 0 Å². The number of rotatable bonds is 9. The highest BCUT2D eigenvalue weighted by Crippen LogP contribution is 2.33. The molecule has 0 atom stereocenters. The molecule has 1 aliphatic rings. The Hall–Kier alpha value is -3.73. The van der Waals surface area contributed by atoms with Crippen molar-refractivity contribution in [2.45, 2.75) is 77.3 Å². The van der Waals surface area contributed by atoms with Crippen LogP contribution in [0.2, 0.25) is 0 Å². The maximum atomic E-state index is 13.0. The predicted octanol–water partition coefficient (Wildman–Crippen LogP) is 8.44. The molecule has 1 fully saturated rings. The fourth-order valence-electron chi connectivity index (χ4n) is 5.54. The van der Waals surface area contributed by atoms with Gasteiger partial charge in [-0.3, -0.25) is 0 Å². The van der Waals surface area contributed by atoms with Gasteiger partial charge in [0.15, 0.2) is 0 Å². The number of carbonyl (C=O) groups excluding carboxylic acids is 1. The van der Waals surface area contributed by atoms with Crippen molar-refractivity contribution in [3.05, 3.63) is 65.2 Å². The Morgan fingerprint density at radius 3 is 2.39 bits per heavy atom. The van der Waals surface area contributed by atoms with E-state index in [1.54, 1.807) is 28.5 Å². The molecule has 5 rings (SSSR count). The molecule has 1 N–H and O–H groups in total. The van der Waals surface area contributed by atoms with Gasteiger partial charge >= 0.3 is 12.3 Å². The van der Waals surface area contributed by atoms with Gasteiger partial charge in [0.05, 0.1) is 28.0 Å². The molecular weight excluding hydrogens is 589 g/mol. The van der Waals surface area contributed by atoms with Gasteiger partial charge in [0.2, 0.25) is 0 Å². The van der Waals surface area contributed by atoms with Gasteiger partial charge in [0, 0.05) is 57.0 Å². The number of piperidine rings is 1. The first kappa shape index (κ1) is 31.7. The molecule has 44 heavy (non-hydrogen) atoms. The lowest BCUT2D eigenvalue weighted by atomic mass is 10.1. The summed E-state index contributed by atoms with van der Waals surface area (Å²) in [7, 11) is 1.95. The van der Waals surface area contributed by atoms with Gasteiger partial charge in [-0.15, -0.1) is 11.3 Å². The van der Waals surface area contributed by atoms with E-state index in [4.69, 9.17) is 14.9 Å². The number of thiophene rings is 1. The Labute approximate surface area is 259 Å². The number of nitrogens with one attached hydrogen (secondary N) is 1. The van der Waals surface area contributed by atoms with Crippen molar-refractivity contribution < 1.29 is 27.4 Å². The van der Waals surface area contributed by atoms with Crippen LogP contribution in [0.25, 0.3) is 21.6 Å². The third kappa shape index (κ3) is 7.85. The maximum absolute atomic E-state index is 13.0. The fraction of sp³-hybridized carbons (Fsp3) is 0.455. The van der Waals surface area contributed by atoms with E-state index in [2.05, 4.69) is 10.6 Å². The topological polar surface area (TPSA) is 72.5 Å². The van der Waals surface area contributed by atoms with Crippen molar-refractivity contribution in [2.75, 3.05) is 13.1 Å². The van der Waals surface area contributed by atoms with Crippen molar-refractivity contribution >= 4 is 33.4 Å². The van der Waals surface area contributed by atoms with Crippen LogP contribution in [0.5, 0.6) is 5.75 Å². The number of hydrogen-bond donors (Lipinski definition) is 1. The second-order valence-corrected chi connectivity index (χ2v) is 13.3. The lowest BCUT2D eigenvalue weighted by Crippen LogP contribution is -2.44. The molecule has 0 saturated carbocycles. The molecular formula is C33H39F3N4O3S. The monoisotopic (exact) mass is 628 g/mol. The summed E-state index contributed by atoms with van der Waals surface area (Å²) in [5, 5.41) is 10.1. The van der Waals surface area contributed by atoms with Crippen LogP contribution in [0, 0.1) is 5.41 Å². The molecule has 1 saturated heterocycles. The number of ether oxygens (including phenoxy) is 2. The number of likely N-dealkylation sites (tertiary alicyclic amines) is 1. The minimum Gasteiger partial charge on any atom is -0.490 e. The van der Waals surface area contributed by atoms with Crippen molar-refractivity contribution in [1.82, 2.24) is 14.0 Å². The van der Waals surface area contributed by atoms with E-state index in [-0.39, 0.29) is 12.2 Å². The number of aryl methyl sites for hydroxylation is 3. The van der Waals surface area contributed by atoms with E-state index >= 15 is 0 Å². The van der Waals surface area contributed by atoms with E-state index in [1.807, 2.05) is 68.1 Å². The number of aromatic nitrogens is 2. The number of alkyl halides is 3. The average molecular weight is 629 g/mol. The summed E-state index contributed by atoms with van der Waals surface area (Å²) in [6.07, 6.45) is -1.23. The largest absolute Gasteiger partial charge is 0.490 e. The van der Waals surface area contributed by atoms with Crippen LogP contribution in [-0.2, 0) is 24.8 Å². The first-order valence-electron chi connectivity index (χ1n) is 14.9. The number of benzene rings is 1. The number of hydrogen-bond acceptors (Lipinski definition) is 5. The molecule has 0 spiro atoms. The molecule has 4 heterocycles. The molecule has 236 valence electrons. The van der Waals surface area contributed by atoms with Crippen LogP contribution in [0.1, 0.15) is 57.6 Å². The lowest BCUT2D eigenvalue weighted by Gasteiger charge is -2.33. The SMILES string of the molecule is Cn1c(-c2cc(C(=N)CC(F)(F)F)cn2CCCc2ccc(OC3CCN(C(=O)OC(C)(C)C)CC3)cc2)cc2sccc21. The average Bonchev–Trinajstić information content (AvgIpc) is 3.65. The number of carbonyl (C=O) groups is 1. The Morgan fingerprint density at radius 1 is 1.05 bits per heavy atom. The van der Waals surface area contributed by atoms with E-state index in [0.717, 1.165) is 58.6 Å². The third-order valence-corrected chi connectivity index (χ3v) is 8.59. The highest BCUT2D eigenvalue weighted by atomic mass is 32.1. The van der Waals surface area contributed by atoms with E-state index < -0.39 is 23.9 Å². The standard InChI is InChI=1S/C33H39F3N4O3S/c1-32(2,3)43-31(41)39-15-11-25(12-16-39)42-24-9-7-22(8-10-24)6-5-14-40-21-23(26(37)20-33(34,35)36)18-29(40)28-19-30-27(38(28)4)13-17-44-30/h7-10,13,17-19,21,25,37H,5-6,11-12,14-16,20H2,1-4H3. The van der Waals surface area contributed by atoms with Gasteiger partial charge in [-0.25, -0.2) is 4.79 Å². The van der Waals surface area contributed by atoms with Crippen LogP contribution in [-0.4, -0.2) is 56.8 Å². The van der Waals surface area contributed by atoms with Gasteiger partial charge in [-0.05, 0) is 74.9 Å². The zero-order chi connectivity index (χ0) is 31.6. The molecule has 0 aliphatic carbocycles. The minimum absolute atomic E-state index is 0.0322. The molecule has 1 amide bonds. The van der Waals surface area contributed by atoms with Gasteiger partial charge in [-0.2, -0.15) is 13.2 Å². The molecule has 1 aliphatic heterocycles. The van der Waals surface area contributed by atoms with Gasteiger partial charge in [-0.1, -0.05) is 12.1 Å². The van der Waals surface area contributed by atoms with Crippen LogP contribution in [0.4, 0.5) is 18.0 Å². The number of amides is 1. The number of nitrogens with zero attached hydrogens (tertiary/aromatic N) is 3. The highest BCUT2D eigenvalue weighted by molar-refractivity contribution is 7.17. The Morgan fingerprint density at radius 2 is 1.75 bits per heavy atom. The second-order valence-electron chi connectivity index (χ2n) is 12.4. The minimum atomic E-state index is -4.43. The van der Waals surface area contributed by atoms with Crippen molar-refractivity contribution in [1.29, 1.82) is 5.41 Å². The van der Waals surface area contributed by atoms with Crippen molar-refractivity contribution in [3.63, 3.8) is 0 Å². The summed E-state index contributed by atoms with van der Waals surface area (Å²) in [5.74, 6) is 0.786. The summed E-state index contributed by atoms with van der Waals surface area (Å²) >= 11 is 1.62. The molecule has 3 aromatic heterocycles. The van der Waals surface area contributed by atoms with Crippen LogP contribution in [0.15, 0.2) is 54.0 Å². The summed E-state index contributed by atoms with van der Waals surface area (Å²) in [4.78, 5) is 14.0. The third-order valence-electron chi connectivity index (χ3n) is 7.73. The molecule has 11 heteroatoms. The zero-order valence-electron chi connectivity index (χ0n) is 25.5. The summed E-state index contributed by atoms with van der Waals surface area (Å²) in [5.41, 5.74) is 3.27. The molecule has 1 aromatic carbocycles. The van der Waals surface area contributed by atoms with E-state index in [1.165, 1.54) is 0 Å². The Balaban J connectivity index is 1.19. The van der Waals surface area contributed by atoms with E-state index in [0.29, 0.717) is 25.2 Å². The van der Waals surface area contributed by atoms with Crippen molar-refractivity contribution in [3.8, 4) is 17.1 Å². The van der Waals surface area contributed by atoms with Crippen LogP contribution >= 0.6 is 11.3 Å². The normalized spacial score (nSPS) is 14.8. The highest BCUT2D eigenvalue weighted by Gasteiger charge is 2.31. The van der Waals surface area contributed by atoms with Crippen LogP contribution < -0.4 is 4.74 Å². The first-order chi connectivity index (χ1) is 20.8. The Kier molecular flexibility index (Phi) is 9.15. The summed E-state index contributed by atoms with van der Waals surface area (Å²) in [6.45, 7) is 7.37. The summed E-state index contributed by atoms with van der Waals surface area (Å²) in [6, 6.07) is 13.8. The Bertz CT molecular complexity index is 1600. The number of halogens is 3. The second kappa shape index (κ2) is 12.7. The van der Waals surface area contributed by atoms with E-state index in [9.17, 15) is 18.0 Å². The first-order valence-corrected chi connectivity index (χ1v) is 15.8. The smallest absolute Gasteiger partial charge is 0.410 e. The van der Waals surface area contributed by atoms with Crippen molar-refractivity contribution in [2.24, 2.45) is 7.05 Å². The maximum Gasteiger partial charge on any atom is 0.410 e. The van der Waals surface area contributed by atoms with Gasteiger partial charge in [0.1, 0.15) is 17.5 Å². The quantitative estimate of drug-likeness (QED) is 0.189. The summed E-state index contributed by atoms with van der Waals surface area (Å²) < 4.78 is 55.9. The molecule has 0 bridgehead atoms.